The molecule has 23 heavy (non-hydrogen) atoms. The molecule has 0 radical (unpaired) electrons. The standard InChI is InChI=1S/C17H17N3O3/c1-11(2)15(20-16(21)14-7-4-8-23-14)17(22)19-13-6-3-5-12(9-13)10-18/h3-9,11,15H,1-2H3,(H,19,22)(H,20,21). The number of nitrogens with zero attached hydrogens (tertiary/aromatic N) is 1. The van der Waals surface area contributed by atoms with Gasteiger partial charge in [0.05, 0.1) is 17.9 Å². The first kappa shape index (κ1) is 16.3. The zero-order valence-electron chi connectivity index (χ0n) is 12.9. The lowest BCUT2D eigenvalue weighted by Gasteiger charge is -2.21. The summed E-state index contributed by atoms with van der Waals surface area (Å²) in [4.78, 5) is 24.5. The number of benzene rings is 1. The minimum absolute atomic E-state index is 0.118. The van der Waals surface area contributed by atoms with Crippen LogP contribution < -0.4 is 10.6 Å². The van der Waals surface area contributed by atoms with Crippen molar-refractivity contribution in [2.45, 2.75) is 19.9 Å². The first-order valence-corrected chi connectivity index (χ1v) is 7.16. The van der Waals surface area contributed by atoms with Crippen LogP contribution in [-0.4, -0.2) is 17.9 Å². The van der Waals surface area contributed by atoms with Crippen LogP contribution in [0, 0.1) is 17.2 Å². The van der Waals surface area contributed by atoms with Crippen LogP contribution in [0.25, 0.3) is 0 Å². The zero-order chi connectivity index (χ0) is 16.8. The van der Waals surface area contributed by atoms with Crippen molar-refractivity contribution in [3.63, 3.8) is 0 Å². The van der Waals surface area contributed by atoms with Crippen molar-refractivity contribution in [2.24, 2.45) is 5.92 Å². The van der Waals surface area contributed by atoms with Gasteiger partial charge in [-0.15, -0.1) is 0 Å². The number of amides is 2. The predicted molar refractivity (Wildman–Crippen MR) is 84.6 cm³/mol. The quantitative estimate of drug-likeness (QED) is 0.887. The van der Waals surface area contributed by atoms with Gasteiger partial charge in [0.25, 0.3) is 5.91 Å². The third kappa shape index (κ3) is 4.20. The zero-order valence-corrected chi connectivity index (χ0v) is 12.9. The SMILES string of the molecule is CC(C)C(NC(=O)c1ccco1)C(=O)Nc1cccc(C#N)c1. The van der Waals surface area contributed by atoms with Crippen LogP contribution in [-0.2, 0) is 4.79 Å². The molecule has 1 unspecified atom stereocenters. The van der Waals surface area contributed by atoms with E-state index in [1.54, 1.807) is 30.3 Å². The van der Waals surface area contributed by atoms with E-state index in [1.807, 2.05) is 19.9 Å². The molecule has 0 fully saturated rings. The van der Waals surface area contributed by atoms with E-state index in [1.165, 1.54) is 12.3 Å². The number of nitriles is 1. The van der Waals surface area contributed by atoms with Crippen molar-refractivity contribution in [3.05, 3.63) is 54.0 Å². The Morgan fingerprint density at radius 1 is 1.22 bits per heavy atom. The van der Waals surface area contributed by atoms with Crippen LogP contribution in [0.4, 0.5) is 5.69 Å². The van der Waals surface area contributed by atoms with Crippen LogP contribution in [0.3, 0.4) is 0 Å². The van der Waals surface area contributed by atoms with Crippen LogP contribution in [0.15, 0.2) is 47.1 Å². The minimum atomic E-state index is -0.724. The van der Waals surface area contributed by atoms with Gasteiger partial charge in [0.2, 0.25) is 5.91 Å². The summed E-state index contributed by atoms with van der Waals surface area (Å²) in [5, 5.41) is 14.3. The molecule has 0 saturated heterocycles. The number of hydrogen-bond donors (Lipinski definition) is 2. The maximum absolute atomic E-state index is 12.4. The molecule has 1 heterocycles. The van der Waals surface area contributed by atoms with Crippen molar-refractivity contribution in [1.82, 2.24) is 5.32 Å². The molecular weight excluding hydrogens is 294 g/mol. The molecule has 6 nitrogen and oxygen atoms in total. The van der Waals surface area contributed by atoms with E-state index in [-0.39, 0.29) is 17.6 Å². The summed E-state index contributed by atoms with van der Waals surface area (Å²) in [6.07, 6.45) is 1.40. The monoisotopic (exact) mass is 311 g/mol. The third-order valence-electron chi connectivity index (χ3n) is 3.24. The van der Waals surface area contributed by atoms with Crippen molar-refractivity contribution in [2.75, 3.05) is 5.32 Å². The van der Waals surface area contributed by atoms with E-state index < -0.39 is 11.9 Å². The highest BCUT2D eigenvalue weighted by atomic mass is 16.3. The lowest BCUT2D eigenvalue weighted by atomic mass is 10.0. The Hall–Kier alpha value is -3.07. The summed E-state index contributed by atoms with van der Waals surface area (Å²) in [5.41, 5.74) is 0.954. The fourth-order valence-electron chi connectivity index (χ4n) is 2.04. The molecule has 0 aliphatic carbocycles. The molecule has 0 saturated carbocycles. The van der Waals surface area contributed by atoms with Crippen molar-refractivity contribution >= 4 is 17.5 Å². The number of hydrogen-bond acceptors (Lipinski definition) is 4. The molecular formula is C17H17N3O3. The molecule has 0 aliphatic rings. The average molecular weight is 311 g/mol. The Morgan fingerprint density at radius 2 is 2.00 bits per heavy atom. The summed E-state index contributed by atoms with van der Waals surface area (Å²) < 4.78 is 5.02. The van der Waals surface area contributed by atoms with Gasteiger partial charge in [-0.05, 0) is 36.2 Å². The molecule has 2 rings (SSSR count). The van der Waals surface area contributed by atoms with Crippen LogP contribution in [0.2, 0.25) is 0 Å². The van der Waals surface area contributed by atoms with Gasteiger partial charge in [0, 0.05) is 5.69 Å². The van der Waals surface area contributed by atoms with Crippen LogP contribution >= 0.6 is 0 Å². The average Bonchev–Trinajstić information content (AvgIpc) is 3.06. The maximum Gasteiger partial charge on any atom is 0.287 e. The number of nitrogens with one attached hydrogen (secondary N) is 2. The highest BCUT2D eigenvalue weighted by molar-refractivity contribution is 6.00. The summed E-state index contributed by atoms with van der Waals surface area (Å²) in [5.74, 6) is -0.771. The Labute approximate surface area is 134 Å². The van der Waals surface area contributed by atoms with Gasteiger partial charge in [0.1, 0.15) is 6.04 Å². The van der Waals surface area contributed by atoms with Gasteiger partial charge in [-0.1, -0.05) is 19.9 Å². The Kier molecular flexibility index (Phi) is 5.15. The second-order valence-electron chi connectivity index (χ2n) is 5.35. The highest BCUT2D eigenvalue weighted by Gasteiger charge is 2.25. The molecule has 1 aromatic carbocycles. The van der Waals surface area contributed by atoms with Gasteiger partial charge in [0.15, 0.2) is 5.76 Å². The first-order valence-electron chi connectivity index (χ1n) is 7.16. The smallest absolute Gasteiger partial charge is 0.287 e. The van der Waals surface area contributed by atoms with Gasteiger partial charge in [-0.25, -0.2) is 0 Å². The largest absolute Gasteiger partial charge is 0.459 e. The van der Waals surface area contributed by atoms with E-state index in [0.29, 0.717) is 11.3 Å². The first-order chi connectivity index (χ1) is 11.0. The molecule has 1 atom stereocenters. The summed E-state index contributed by atoms with van der Waals surface area (Å²) in [7, 11) is 0. The van der Waals surface area contributed by atoms with Crippen molar-refractivity contribution < 1.29 is 14.0 Å². The maximum atomic E-state index is 12.4. The molecule has 0 aliphatic heterocycles. The van der Waals surface area contributed by atoms with E-state index in [0.717, 1.165) is 0 Å². The topological polar surface area (TPSA) is 95.1 Å². The van der Waals surface area contributed by atoms with Gasteiger partial charge < -0.3 is 15.1 Å². The normalized spacial score (nSPS) is 11.6. The number of carbonyl (C=O) groups is 2. The molecule has 1 aromatic heterocycles. The van der Waals surface area contributed by atoms with Crippen molar-refractivity contribution in [1.29, 1.82) is 5.26 Å². The third-order valence-corrected chi connectivity index (χ3v) is 3.24. The number of carbonyl (C=O) groups excluding carboxylic acids is 2. The number of rotatable bonds is 5. The summed E-state index contributed by atoms with van der Waals surface area (Å²) in [6.45, 7) is 3.66. The molecule has 6 heteroatoms. The van der Waals surface area contributed by atoms with Gasteiger partial charge >= 0.3 is 0 Å². The molecule has 2 N–H and O–H groups in total. The van der Waals surface area contributed by atoms with Gasteiger partial charge in [-0.3, -0.25) is 9.59 Å². The minimum Gasteiger partial charge on any atom is -0.459 e. The summed E-state index contributed by atoms with van der Waals surface area (Å²) >= 11 is 0. The lowest BCUT2D eigenvalue weighted by Crippen LogP contribution is -2.47. The predicted octanol–water partition coefficient (Wildman–Crippen LogP) is 2.54. The fraction of sp³-hybridized carbons (Fsp3) is 0.235. The summed E-state index contributed by atoms with van der Waals surface area (Å²) in [6, 6.07) is 11.0. The molecule has 2 amide bonds. The van der Waals surface area contributed by atoms with Crippen LogP contribution in [0.5, 0.6) is 0 Å². The second-order valence-corrected chi connectivity index (χ2v) is 5.35. The second kappa shape index (κ2) is 7.27. The molecule has 0 bridgehead atoms. The molecule has 118 valence electrons. The van der Waals surface area contributed by atoms with E-state index >= 15 is 0 Å². The van der Waals surface area contributed by atoms with E-state index in [9.17, 15) is 9.59 Å². The molecule has 0 spiro atoms. The van der Waals surface area contributed by atoms with Crippen molar-refractivity contribution in [3.8, 4) is 6.07 Å². The fourth-order valence-corrected chi connectivity index (χ4v) is 2.04. The van der Waals surface area contributed by atoms with Crippen LogP contribution in [0.1, 0.15) is 30.0 Å². The Balaban J connectivity index is 2.09. The van der Waals surface area contributed by atoms with Gasteiger partial charge in [-0.2, -0.15) is 5.26 Å². The lowest BCUT2D eigenvalue weighted by molar-refractivity contribution is -0.118. The van der Waals surface area contributed by atoms with E-state index in [2.05, 4.69) is 10.6 Å². The highest BCUT2D eigenvalue weighted by Crippen LogP contribution is 2.12. The number of furan rings is 1. The van der Waals surface area contributed by atoms with E-state index in [4.69, 9.17) is 9.68 Å². The number of anilines is 1. The Morgan fingerprint density at radius 3 is 2.61 bits per heavy atom. The Bertz CT molecular complexity index is 730. The molecule has 2 aromatic rings.